The summed E-state index contributed by atoms with van der Waals surface area (Å²) in [6.45, 7) is 6.70. The smallest absolute Gasteiger partial charge is 0.306 e. The lowest BCUT2D eigenvalue weighted by Gasteiger charge is -2.18. The lowest BCUT2D eigenvalue weighted by Crippen LogP contribution is -2.30. The van der Waals surface area contributed by atoms with E-state index < -0.39 is 6.10 Å². The van der Waals surface area contributed by atoms with Crippen LogP contribution in [0.2, 0.25) is 0 Å². The van der Waals surface area contributed by atoms with Gasteiger partial charge < -0.3 is 14.2 Å². The summed E-state index contributed by atoms with van der Waals surface area (Å²) in [5.74, 6) is -0.846. The number of unbranched alkanes of at least 4 members (excludes halogenated alkanes) is 53. The van der Waals surface area contributed by atoms with Gasteiger partial charge in [0.1, 0.15) is 13.2 Å². The zero-order valence-corrected chi connectivity index (χ0v) is 54.4. The molecule has 0 N–H and O–H groups in total. The molecule has 0 spiro atoms. The Morgan fingerprint density at radius 2 is 0.412 bits per heavy atom. The largest absolute Gasteiger partial charge is 0.462 e. The molecule has 0 aliphatic heterocycles. The molecule has 0 aromatic heterocycles. The number of ether oxygens (including phenoxy) is 3. The highest BCUT2D eigenvalue weighted by atomic mass is 16.6. The Kier molecular flexibility index (Phi) is 67.6. The molecule has 0 radical (unpaired) electrons. The molecule has 0 amide bonds. The van der Waals surface area contributed by atoms with Crippen molar-refractivity contribution in [3.05, 3.63) is 24.3 Å². The number of allylic oxidation sites excluding steroid dienone is 4. The second-order valence-electron chi connectivity index (χ2n) is 24.9. The Morgan fingerprint density at radius 1 is 0.237 bits per heavy atom. The standard InChI is InChI=1S/C74H140O6/c1-4-7-10-13-16-19-22-25-27-29-30-31-32-33-34-35-36-37-38-39-40-41-42-43-44-45-47-49-52-55-58-61-64-67-73(76)79-70-71(69-78-72(75)66-63-60-57-54-51-48-24-21-18-15-12-9-6-3)80-74(77)68-65-62-59-56-53-50-46-28-26-23-20-17-14-11-8-5-2/h28-30,46,71H,4-27,31-45,47-70H2,1-3H3/b30-29-,46-28-. The van der Waals surface area contributed by atoms with Crippen molar-refractivity contribution in [2.45, 2.75) is 419 Å². The first-order chi connectivity index (χ1) is 39.5. The van der Waals surface area contributed by atoms with Gasteiger partial charge in [-0.25, -0.2) is 0 Å². The Bertz CT molecular complexity index is 1290. The van der Waals surface area contributed by atoms with Gasteiger partial charge in [-0.05, 0) is 70.6 Å². The van der Waals surface area contributed by atoms with E-state index in [0.29, 0.717) is 19.3 Å². The summed E-state index contributed by atoms with van der Waals surface area (Å²) in [5, 5.41) is 0. The van der Waals surface area contributed by atoms with Crippen molar-refractivity contribution in [3.8, 4) is 0 Å². The second-order valence-corrected chi connectivity index (χ2v) is 24.9. The zero-order valence-electron chi connectivity index (χ0n) is 54.4. The molecule has 0 bridgehead atoms. The topological polar surface area (TPSA) is 78.9 Å². The molecule has 0 saturated heterocycles. The zero-order chi connectivity index (χ0) is 57.8. The summed E-state index contributed by atoms with van der Waals surface area (Å²) in [6.07, 6.45) is 85.2. The van der Waals surface area contributed by atoms with Gasteiger partial charge in [0.15, 0.2) is 6.10 Å². The van der Waals surface area contributed by atoms with Crippen LogP contribution in [0.4, 0.5) is 0 Å². The highest BCUT2D eigenvalue weighted by Gasteiger charge is 2.19. The Balaban J connectivity index is 4.08. The van der Waals surface area contributed by atoms with E-state index >= 15 is 0 Å². The van der Waals surface area contributed by atoms with Gasteiger partial charge in [-0.1, -0.05) is 347 Å². The molecule has 0 aromatic rings. The fourth-order valence-corrected chi connectivity index (χ4v) is 11.2. The van der Waals surface area contributed by atoms with Crippen LogP contribution in [0.15, 0.2) is 24.3 Å². The number of esters is 3. The first-order valence-electron chi connectivity index (χ1n) is 36.3. The lowest BCUT2D eigenvalue weighted by molar-refractivity contribution is -0.167. The van der Waals surface area contributed by atoms with E-state index in [4.69, 9.17) is 14.2 Å². The number of hydrogen-bond acceptors (Lipinski definition) is 6. The SMILES string of the molecule is CCCCCCCCC/C=C\CCCCCCCC(=O)OC(COC(=O)CCCCCCCCCCCCCCC)COC(=O)CCCCCCCCCCCCCCCCCCCCCCC/C=C\CCCCCCCCCC. The minimum Gasteiger partial charge on any atom is -0.462 e. The van der Waals surface area contributed by atoms with Crippen LogP contribution in [-0.2, 0) is 28.6 Å². The number of hydrogen-bond donors (Lipinski definition) is 0. The molecule has 0 aliphatic rings. The highest BCUT2D eigenvalue weighted by Crippen LogP contribution is 2.19. The van der Waals surface area contributed by atoms with E-state index in [1.54, 1.807) is 0 Å². The van der Waals surface area contributed by atoms with Crippen molar-refractivity contribution in [2.24, 2.45) is 0 Å². The van der Waals surface area contributed by atoms with Crippen LogP contribution in [0.3, 0.4) is 0 Å². The maximum atomic E-state index is 12.9. The van der Waals surface area contributed by atoms with Crippen molar-refractivity contribution in [1.82, 2.24) is 0 Å². The van der Waals surface area contributed by atoms with Gasteiger partial charge in [-0.2, -0.15) is 0 Å². The molecule has 472 valence electrons. The molecule has 1 unspecified atom stereocenters. The van der Waals surface area contributed by atoms with Crippen LogP contribution < -0.4 is 0 Å². The van der Waals surface area contributed by atoms with Crippen molar-refractivity contribution in [3.63, 3.8) is 0 Å². The van der Waals surface area contributed by atoms with Gasteiger partial charge in [0.05, 0.1) is 0 Å². The first-order valence-corrected chi connectivity index (χ1v) is 36.3. The molecule has 80 heavy (non-hydrogen) atoms. The Labute approximate surface area is 500 Å². The summed E-state index contributed by atoms with van der Waals surface area (Å²) >= 11 is 0. The van der Waals surface area contributed by atoms with Crippen LogP contribution in [0.1, 0.15) is 412 Å². The molecule has 0 aromatic carbocycles. The summed E-state index contributed by atoms with van der Waals surface area (Å²) in [6, 6.07) is 0. The number of carbonyl (C=O) groups is 3. The molecule has 0 aliphatic carbocycles. The monoisotopic (exact) mass is 1130 g/mol. The van der Waals surface area contributed by atoms with Crippen LogP contribution >= 0.6 is 0 Å². The van der Waals surface area contributed by atoms with Crippen LogP contribution in [0.25, 0.3) is 0 Å². The number of rotatable bonds is 68. The van der Waals surface area contributed by atoms with Gasteiger partial charge in [0, 0.05) is 19.3 Å². The van der Waals surface area contributed by atoms with E-state index in [-0.39, 0.29) is 31.1 Å². The Hall–Kier alpha value is -2.11. The summed E-state index contributed by atoms with van der Waals surface area (Å²) in [7, 11) is 0. The first kappa shape index (κ1) is 77.9. The van der Waals surface area contributed by atoms with Crippen molar-refractivity contribution in [1.29, 1.82) is 0 Å². The van der Waals surface area contributed by atoms with Gasteiger partial charge >= 0.3 is 17.9 Å². The number of carbonyl (C=O) groups excluding carboxylic acids is 3. The van der Waals surface area contributed by atoms with E-state index in [1.165, 1.54) is 308 Å². The molecule has 0 fully saturated rings. The molecule has 6 heteroatoms. The predicted molar refractivity (Wildman–Crippen MR) is 349 cm³/mol. The van der Waals surface area contributed by atoms with E-state index in [9.17, 15) is 14.4 Å². The summed E-state index contributed by atoms with van der Waals surface area (Å²) < 4.78 is 17.0. The van der Waals surface area contributed by atoms with E-state index in [2.05, 4.69) is 45.1 Å². The van der Waals surface area contributed by atoms with Gasteiger partial charge in [0.25, 0.3) is 0 Å². The van der Waals surface area contributed by atoms with E-state index in [0.717, 1.165) is 64.2 Å². The maximum absolute atomic E-state index is 12.9. The average molecular weight is 1130 g/mol. The predicted octanol–water partition coefficient (Wildman–Crippen LogP) is 25.0. The fraction of sp³-hybridized carbons (Fsp3) is 0.905. The van der Waals surface area contributed by atoms with Crippen LogP contribution in [-0.4, -0.2) is 37.2 Å². The third-order valence-corrected chi connectivity index (χ3v) is 16.7. The van der Waals surface area contributed by atoms with Crippen LogP contribution in [0, 0.1) is 0 Å². The molecular formula is C74H140O6. The van der Waals surface area contributed by atoms with Gasteiger partial charge in [-0.15, -0.1) is 0 Å². The second kappa shape index (κ2) is 69.4. The summed E-state index contributed by atoms with van der Waals surface area (Å²) in [5.41, 5.74) is 0. The molecule has 1 atom stereocenters. The van der Waals surface area contributed by atoms with Crippen LogP contribution in [0.5, 0.6) is 0 Å². The minimum atomic E-state index is -0.772. The molecule has 0 heterocycles. The maximum Gasteiger partial charge on any atom is 0.306 e. The summed E-state index contributed by atoms with van der Waals surface area (Å²) in [4.78, 5) is 38.4. The molecule has 6 nitrogen and oxygen atoms in total. The third kappa shape index (κ3) is 66.7. The van der Waals surface area contributed by atoms with E-state index in [1.807, 2.05) is 0 Å². The van der Waals surface area contributed by atoms with Crippen molar-refractivity contribution < 1.29 is 28.6 Å². The Morgan fingerprint density at radius 3 is 0.625 bits per heavy atom. The van der Waals surface area contributed by atoms with Crippen molar-refractivity contribution >= 4 is 17.9 Å². The highest BCUT2D eigenvalue weighted by molar-refractivity contribution is 5.71. The van der Waals surface area contributed by atoms with Gasteiger partial charge in [-0.3, -0.25) is 14.4 Å². The third-order valence-electron chi connectivity index (χ3n) is 16.7. The minimum absolute atomic E-state index is 0.0681. The lowest BCUT2D eigenvalue weighted by atomic mass is 10.0. The van der Waals surface area contributed by atoms with Crippen molar-refractivity contribution in [2.75, 3.05) is 13.2 Å². The molecular weight excluding hydrogens is 985 g/mol. The van der Waals surface area contributed by atoms with Gasteiger partial charge in [0.2, 0.25) is 0 Å². The average Bonchev–Trinajstić information content (AvgIpc) is 3.46. The quantitative estimate of drug-likeness (QED) is 0.0261. The molecule has 0 rings (SSSR count). The fourth-order valence-electron chi connectivity index (χ4n) is 11.2. The normalized spacial score (nSPS) is 12.1. The molecule has 0 saturated carbocycles.